The summed E-state index contributed by atoms with van der Waals surface area (Å²) >= 11 is 0. The van der Waals surface area contributed by atoms with Crippen molar-refractivity contribution in [3.8, 4) is 0 Å². The predicted molar refractivity (Wildman–Crippen MR) is 55.8 cm³/mol. The molecular weight excluding hydrogens is 212 g/mol. The number of ether oxygens (including phenoxy) is 3. The van der Waals surface area contributed by atoms with E-state index in [1.807, 2.05) is 6.92 Å². The molecular formula is C11H18O5. The lowest BCUT2D eigenvalue weighted by Gasteiger charge is -2.34. The summed E-state index contributed by atoms with van der Waals surface area (Å²) in [7, 11) is 0. The van der Waals surface area contributed by atoms with Crippen molar-refractivity contribution in [3.05, 3.63) is 0 Å². The Morgan fingerprint density at radius 3 is 2.50 bits per heavy atom. The van der Waals surface area contributed by atoms with Gasteiger partial charge in [-0.05, 0) is 19.8 Å². The average molecular weight is 230 g/mol. The molecule has 1 saturated heterocycles. The Labute approximate surface area is 95.0 Å². The summed E-state index contributed by atoms with van der Waals surface area (Å²) in [6.07, 6.45) is 1.03. The summed E-state index contributed by atoms with van der Waals surface area (Å²) in [5, 5.41) is 0. The molecule has 0 radical (unpaired) electrons. The first-order valence-corrected chi connectivity index (χ1v) is 5.45. The molecule has 1 aliphatic rings. The van der Waals surface area contributed by atoms with Crippen molar-refractivity contribution in [1.29, 1.82) is 0 Å². The van der Waals surface area contributed by atoms with Crippen molar-refractivity contribution in [1.82, 2.24) is 0 Å². The zero-order valence-electron chi connectivity index (χ0n) is 9.89. The van der Waals surface area contributed by atoms with Crippen molar-refractivity contribution >= 4 is 11.9 Å². The van der Waals surface area contributed by atoms with Gasteiger partial charge in [0.1, 0.15) is 18.8 Å². The van der Waals surface area contributed by atoms with E-state index in [0.29, 0.717) is 0 Å². The fraction of sp³-hybridized carbons (Fsp3) is 0.818. The Kier molecular flexibility index (Phi) is 4.73. The van der Waals surface area contributed by atoms with Gasteiger partial charge in [-0.1, -0.05) is 0 Å². The predicted octanol–water partition coefficient (Wildman–Crippen LogP) is 1.05. The second-order valence-corrected chi connectivity index (χ2v) is 4.01. The van der Waals surface area contributed by atoms with Gasteiger partial charge < -0.3 is 14.2 Å². The van der Waals surface area contributed by atoms with E-state index in [1.165, 1.54) is 13.8 Å². The van der Waals surface area contributed by atoms with Crippen LogP contribution in [0.5, 0.6) is 0 Å². The van der Waals surface area contributed by atoms with Crippen molar-refractivity contribution in [2.75, 3.05) is 6.61 Å². The minimum Gasteiger partial charge on any atom is -0.463 e. The molecule has 0 amide bonds. The number of carbonyl (C=O) groups excluding carboxylic acids is 2. The van der Waals surface area contributed by atoms with Gasteiger partial charge >= 0.3 is 11.9 Å². The first-order valence-electron chi connectivity index (χ1n) is 5.45. The second kappa shape index (κ2) is 5.84. The van der Waals surface area contributed by atoms with Crippen LogP contribution in [0.15, 0.2) is 0 Å². The first-order chi connectivity index (χ1) is 7.49. The van der Waals surface area contributed by atoms with Gasteiger partial charge in [0, 0.05) is 13.8 Å². The van der Waals surface area contributed by atoms with E-state index in [4.69, 9.17) is 14.2 Å². The molecule has 0 aromatic rings. The van der Waals surface area contributed by atoms with Crippen LogP contribution in [0, 0.1) is 0 Å². The molecule has 0 N–H and O–H groups in total. The molecule has 0 bridgehead atoms. The smallest absolute Gasteiger partial charge is 0.302 e. The fourth-order valence-electron chi connectivity index (χ4n) is 1.73. The van der Waals surface area contributed by atoms with E-state index in [2.05, 4.69) is 0 Å². The van der Waals surface area contributed by atoms with Gasteiger partial charge in [0.25, 0.3) is 0 Å². The normalized spacial score (nSPS) is 29.6. The molecule has 0 spiro atoms. The Bertz CT molecular complexity index is 263. The Morgan fingerprint density at radius 2 is 1.94 bits per heavy atom. The number of hydrogen-bond donors (Lipinski definition) is 0. The fourth-order valence-corrected chi connectivity index (χ4v) is 1.73. The van der Waals surface area contributed by atoms with Crippen molar-refractivity contribution in [3.63, 3.8) is 0 Å². The summed E-state index contributed by atoms with van der Waals surface area (Å²) in [6, 6.07) is 0. The SMILES string of the molecule is CC(=O)OC[C@H]1O[C@H](C)CC[C@@H]1OC(C)=O. The van der Waals surface area contributed by atoms with Crippen molar-refractivity contribution < 1.29 is 23.8 Å². The van der Waals surface area contributed by atoms with Crippen LogP contribution in [0.2, 0.25) is 0 Å². The Hall–Kier alpha value is -1.10. The largest absolute Gasteiger partial charge is 0.463 e. The molecule has 1 fully saturated rings. The lowest BCUT2D eigenvalue weighted by atomic mass is 10.0. The van der Waals surface area contributed by atoms with E-state index in [-0.39, 0.29) is 36.9 Å². The molecule has 1 aliphatic heterocycles. The molecule has 92 valence electrons. The minimum absolute atomic E-state index is 0.104. The summed E-state index contributed by atoms with van der Waals surface area (Å²) in [6.45, 7) is 4.79. The molecule has 0 aromatic carbocycles. The molecule has 0 saturated carbocycles. The lowest BCUT2D eigenvalue weighted by molar-refractivity contribution is -0.179. The van der Waals surface area contributed by atoms with Gasteiger partial charge in [0.15, 0.2) is 0 Å². The Balaban J connectivity index is 2.50. The number of hydrogen-bond acceptors (Lipinski definition) is 5. The van der Waals surface area contributed by atoms with Crippen molar-refractivity contribution in [2.24, 2.45) is 0 Å². The van der Waals surface area contributed by atoms with Gasteiger partial charge in [0.05, 0.1) is 6.10 Å². The summed E-state index contributed by atoms with van der Waals surface area (Å²) in [5.74, 6) is -0.695. The minimum atomic E-state index is -0.358. The molecule has 1 rings (SSSR count). The van der Waals surface area contributed by atoms with E-state index < -0.39 is 0 Å². The average Bonchev–Trinajstić information content (AvgIpc) is 2.17. The van der Waals surface area contributed by atoms with Gasteiger partial charge in [-0.2, -0.15) is 0 Å². The standard InChI is InChI=1S/C11H18O5/c1-7-4-5-10(16-9(3)13)11(15-7)6-14-8(2)12/h7,10-11H,4-6H2,1-3H3/t7-,10+,11-/m1/s1. The molecule has 0 unspecified atom stereocenters. The quantitative estimate of drug-likeness (QED) is 0.678. The van der Waals surface area contributed by atoms with E-state index in [0.717, 1.165) is 12.8 Å². The van der Waals surface area contributed by atoms with Gasteiger partial charge in [-0.25, -0.2) is 0 Å². The van der Waals surface area contributed by atoms with Crippen LogP contribution in [-0.4, -0.2) is 36.9 Å². The summed E-state index contributed by atoms with van der Waals surface area (Å²) in [5.41, 5.74) is 0. The molecule has 3 atom stereocenters. The van der Waals surface area contributed by atoms with E-state index in [1.54, 1.807) is 0 Å². The molecule has 1 heterocycles. The maximum Gasteiger partial charge on any atom is 0.302 e. The van der Waals surface area contributed by atoms with Crippen LogP contribution in [0.1, 0.15) is 33.6 Å². The molecule has 5 nitrogen and oxygen atoms in total. The third-order valence-corrected chi connectivity index (χ3v) is 2.45. The maximum absolute atomic E-state index is 10.9. The topological polar surface area (TPSA) is 61.8 Å². The number of esters is 2. The number of carbonyl (C=O) groups is 2. The van der Waals surface area contributed by atoms with Gasteiger partial charge in [-0.3, -0.25) is 9.59 Å². The zero-order chi connectivity index (χ0) is 12.1. The zero-order valence-corrected chi connectivity index (χ0v) is 9.89. The molecule has 0 aromatic heterocycles. The van der Waals surface area contributed by atoms with E-state index >= 15 is 0 Å². The van der Waals surface area contributed by atoms with E-state index in [9.17, 15) is 9.59 Å². The maximum atomic E-state index is 10.9. The highest BCUT2D eigenvalue weighted by Gasteiger charge is 2.32. The highest BCUT2D eigenvalue weighted by molar-refractivity contribution is 5.66. The number of rotatable bonds is 3. The molecule has 16 heavy (non-hydrogen) atoms. The van der Waals surface area contributed by atoms with Crippen LogP contribution in [-0.2, 0) is 23.8 Å². The summed E-state index contributed by atoms with van der Waals surface area (Å²) < 4.78 is 15.6. The molecule has 5 heteroatoms. The second-order valence-electron chi connectivity index (χ2n) is 4.01. The van der Waals surface area contributed by atoms with Crippen LogP contribution in [0.4, 0.5) is 0 Å². The van der Waals surface area contributed by atoms with Crippen molar-refractivity contribution in [2.45, 2.75) is 51.9 Å². The Morgan fingerprint density at radius 1 is 1.25 bits per heavy atom. The third-order valence-electron chi connectivity index (χ3n) is 2.45. The molecule has 0 aliphatic carbocycles. The van der Waals surface area contributed by atoms with Gasteiger partial charge in [-0.15, -0.1) is 0 Å². The van der Waals surface area contributed by atoms with Gasteiger partial charge in [0.2, 0.25) is 0 Å². The van der Waals surface area contributed by atoms with Crippen LogP contribution in [0.3, 0.4) is 0 Å². The lowest BCUT2D eigenvalue weighted by Crippen LogP contribution is -2.43. The van der Waals surface area contributed by atoms with Crippen LogP contribution in [0.25, 0.3) is 0 Å². The third kappa shape index (κ3) is 4.18. The highest BCUT2D eigenvalue weighted by Crippen LogP contribution is 2.22. The first kappa shape index (κ1) is 13.0. The van der Waals surface area contributed by atoms with Crippen LogP contribution >= 0.6 is 0 Å². The summed E-state index contributed by atoms with van der Waals surface area (Å²) in [4.78, 5) is 21.6. The van der Waals surface area contributed by atoms with Crippen LogP contribution < -0.4 is 0 Å². The monoisotopic (exact) mass is 230 g/mol. The highest BCUT2D eigenvalue weighted by atomic mass is 16.6.